The van der Waals surface area contributed by atoms with E-state index in [0.717, 1.165) is 11.1 Å². The van der Waals surface area contributed by atoms with E-state index >= 15 is 0 Å². The van der Waals surface area contributed by atoms with Crippen LogP contribution in [0.2, 0.25) is 0 Å². The van der Waals surface area contributed by atoms with E-state index < -0.39 is 0 Å². The van der Waals surface area contributed by atoms with E-state index in [0.29, 0.717) is 10.9 Å². The normalized spacial score (nSPS) is 11.7. The van der Waals surface area contributed by atoms with Gasteiger partial charge in [-0.15, -0.1) is 0 Å². The lowest BCUT2D eigenvalue weighted by molar-refractivity contribution is -0.119. The molecule has 0 saturated heterocycles. The van der Waals surface area contributed by atoms with Crippen molar-refractivity contribution >= 4 is 17.7 Å². The van der Waals surface area contributed by atoms with Crippen LogP contribution in [0.1, 0.15) is 18.5 Å². The first kappa shape index (κ1) is 17.9. The van der Waals surface area contributed by atoms with E-state index in [2.05, 4.69) is 15.3 Å². The summed E-state index contributed by atoms with van der Waals surface area (Å²) in [4.78, 5) is 31.2. The van der Waals surface area contributed by atoms with Gasteiger partial charge in [0.1, 0.15) is 0 Å². The van der Waals surface area contributed by atoms with Gasteiger partial charge in [0.05, 0.1) is 17.5 Å². The number of aromatic amines is 1. The van der Waals surface area contributed by atoms with Gasteiger partial charge in [-0.05, 0) is 12.5 Å². The molecule has 0 spiro atoms. The Morgan fingerprint density at radius 3 is 2.46 bits per heavy atom. The predicted molar refractivity (Wildman–Crippen MR) is 104 cm³/mol. The molecule has 6 heteroatoms. The second-order valence-electron chi connectivity index (χ2n) is 5.79. The van der Waals surface area contributed by atoms with Crippen LogP contribution in [0.3, 0.4) is 0 Å². The number of nitrogens with zero attached hydrogens (tertiary/aromatic N) is 1. The fraction of sp³-hybridized carbons (Fsp3) is 0.150. The summed E-state index contributed by atoms with van der Waals surface area (Å²) in [6, 6.07) is 20.6. The van der Waals surface area contributed by atoms with Gasteiger partial charge >= 0.3 is 0 Å². The standard InChI is InChI=1S/C20H19N3O2S/c1-14(15-8-4-2-5-9-15)21-19(25)13-26-20-22-17(12-18(24)23-20)16-10-6-3-7-11-16/h2-12,14H,13H2,1H3,(H,21,25)(H,22,23,24)/t14-/m0/s1. The Labute approximate surface area is 155 Å². The number of aromatic nitrogens is 2. The lowest BCUT2D eigenvalue weighted by atomic mass is 10.1. The summed E-state index contributed by atoms with van der Waals surface area (Å²) in [5.74, 6) is 0.0670. The van der Waals surface area contributed by atoms with E-state index in [1.807, 2.05) is 67.6 Å². The van der Waals surface area contributed by atoms with E-state index in [9.17, 15) is 9.59 Å². The molecule has 132 valence electrons. The molecule has 0 aliphatic rings. The van der Waals surface area contributed by atoms with Crippen LogP contribution in [0, 0.1) is 0 Å². The van der Waals surface area contributed by atoms with Crippen LogP contribution in [-0.4, -0.2) is 21.6 Å². The Morgan fingerprint density at radius 1 is 1.12 bits per heavy atom. The number of H-pyrrole nitrogens is 1. The lowest BCUT2D eigenvalue weighted by Crippen LogP contribution is -2.28. The molecule has 2 N–H and O–H groups in total. The Hall–Kier alpha value is -2.86. The molecule has 1 aromatic heterocycles. The summed E-state index contributed by atoms with van der Waals surface area (Å²) in [6.45, 7) is 1.94. The van der Waals surface area contributed by atoms with Gasteiger partial charge in [-0.25, -0.2) is 4.98 Å². The fourth-order valence-corrected chi connectivity index (χ4v) is 3.19. The Morgan fingerprint density at radius 2 is 1.77 bits per heavy atom. The quantitative estimate of drug-likeness (QED) is 0.519. The highest BCUT2D eigenvalue weighted by molar-refractivity contribution is 7.99. The van der Waals surface area contributed by atoms with E-state index in [4.69, 9.17) is 0 Å². The van der Waals surface area contributed by atoms with Crippen molar-refractivity contribution in [3.05, 3.63) is 82.6 Å². The molecular weight excluding hydrogens is 346 g/mol. The Kier molecular flexibility index (Phi) is 5.86. The third-order valence-corrected chi connectivity index (χ3v) is 4.68. The molecule has 1 amide bonds. The third kappa shape index (κ3) is 4.83. The molecule has 3 rings (SSSR count). The summed E-state index contributed by atoms with van der Waals surface area (Å²) in [5, 5.41) is 3.38. The van der Waals surface area contributed by atoms with Crippen LogP contribution < -0.4 is 10.9 Å². The zero-order valence-electron chi connectivity index (χ0n) is 14.3. The number of rotatable bonds is 6. The van der Waals surface area contributed by atoms with Gasteiger partial charge in [0.2, 0.25) is 5.91 Å². The molecule has 0 unspecified atom stereocenters. The van der Waals surface area contributed by atoms with Crippen LogP contribution in [0.5, 0.6) is 0 Å². The van der Waals surface area contributed by atoms with Gasteiger partial charge in [-0.1, -0.05) is 72.4 Å². The fourth-order valence-electron chi connectivity index (χ4n) is 2.50. The van der Waals surface area contributed by atoms with Crippen molar-refractivity contribution in [3.63, 3.8) is 0 Å². The summed E-state index contributed by atoms with van der Waals surface area (Å²) in [5.41, 5.74) is 2.26. The predicted octanol–water partition coefficient (Wildman–Crippen LogP) is 3.41. The number of hydrogen-bond donors (Lipinski definition) is 2. The average molecular weight is 365 g/mol. The van der Waals surface area contributed by atoms with Crippen molar-refractivity contribution in [1.29, 1.82) is 0 Å². The van der Waals surface area contributed by atoms with Crippen molar-refractivity contribution in [2.75, 3.05) is 5.75 Å². The molecule has 0 bridgehead atoms. The first-order valence-corrected chi connectivity index (χ1v) is 9.24. The minimum atomic E-state index is -0.237. The van der Waals surface area contributed by atoms with Crippen molar-refractivity contribution in [3.8, 4) is 11.3 Å². The van der Waals surface area contributed by atoms with Gasteiger partial charge < -0.3 is 10.3 Å². The highest BCUT2D eigenvalue weighted by atomic mass is 32.2. The molecule has 0 aliphatic heterocycles. The smallest absolute Gasteiger partial charge is 0.252 e. The SMILES string of the molecule is C[C@H](NC(=O)CSc1nc(-c2ccccc2)cc(=O)[nH]1)c1ccccc1. The number of carbonyl (C=O) groups excluding carboxylic acids is 1. The monoisotopic (exact) mass is 365 g/mol. The maximum Gasteiger partial charge on any atom is 0.252 e. The van der Waals surface area contributed by atoms with Gasteiger partial charge in [-0.2, -0.15) is 0 Å². The molecule has 5 nitrogen and oxygen atoms in total. The summed E-state index contributed by atoms with van der Waals surface area (Å²) >= 11 is 1.21. The van der Waals surface area contributed by atoms with Gasteiger partial charge in [0, 0.05) is 11.6 Å². The third-order valence-electron chi connectivity index (χ3n) is 3.81. The highest BCUT2D eigenvalue weighted by Gasteiger charge is 2.11. The van der Waals surface area contributed by atoms with Crippen LogP contribution in [0.15, 0.2) is 76.7 Å². The first-order chi connectivity index (χ1) is 12.6. The zero-order chi connectivity index (χ0) is 18.4. The molecule has 0 aliphatic carbocycles. The summed E-state index contributed by atoms with van der Waals surface area (Å²) in [7, 11) is 0. The zero-order valence-corrected chi connectivity index (χ0v) is 15.1. The number of carbonyl (C=O) groups is 1. The van der Waals surface area contributed by atoms with Crippen LogP contribution in [0.4, 0.5) is 0 Å². The molecular formula is C20H19N3O2S. The number of amides is 1. The highest BCUT2D eigenvalue weighted by Crippen LogP contribution is 2.19. The minimum absolute atomic E-state index is 0.0769. The Bertz CT molecular complexity index is 927. The van der Waals surface area contributed by atoms with Crippen LogP contribution >= 0.6 is 11.8 Å². The van der Waals surface area contributed by atoms with Crippen molar-refractivity contribution in [2.45, 2.75) is 18.1 Å². The Balaban J connectivity index is 1.63. The molecule has 0 saturated carbocycles. The maximum absolute atomic E-state index is 12.2. The molecule has 1 atom stereocenters. The molecule has 1 heterocycles. The van der Waals surface area contributed by atoms with E-state index in [1.54, 1.807) is 0 Å². The van der Waals surface area contributed by atoms with Crippen LogP contribution in [0.25, 0.3) is 11.3 Å². The van der Waals surface area contributed by atoms with Gasteiger partial charge in [0.15, 0.2) is 5.16 Å². The number of thioether (sulfide) groups is 1. The van der Waals surface area contributed by atoms with E-state index in [1.165, 1.54) is 17.8 Å². The molecule has 26 heavy (non-hydrogen) atoms. The maximum atomic E-state index is 12.2. The average Bonchev–Trinajstić information content (AvgIpc) is 2.67. The molecule has 0 fully saturated rings. The largest absolute Gasteiger partial charge is 0.349 e. The number of nitrogens with one attached hydrogen (secondary N) is 2. The molecule has 3 aromatic rings. The van der Waals surface area contributed by atoms with Crippen molar-refractivity contribution in [2.24, 2.45) is 0 Å². The van der Waals surface area contributed by atoms with Crippen molar-refractivity contribution < 1.29 is 4.79 Å². The van der Waals surface area contributed by atoms with Gasteiger partial charge in [-0.3, -0.25) is 9.59 Å². The number of benzene rings is 2. The second kappa shape index (κ2) is 8.49. The first-order valence-electron chi connectivity index (χ1n) is 8.26. The van der Waals surface area contributed by atoms with Gasteiger partial charge in [0.25, 0.3) is 5.56 Å². The molecule has 0 radical (unpaired) electrons. The number of hydrogen-bond acceptors (Lipinski definition) is 4. The van der Waals surface area contributed by atoms with Crippen LogP contribution in [-0.2, 0) is 4.79 Å². The van der Waals surface area contributed by atoms with Crippen molar-refractivity contribution in [1.82, 2.24) is 15.3 Å². The topological polar surface area (TPSA) is 74.8 Å². The minimum Gasteiger partial charge on any atom is -0.349 e. The molecule has 2 aromatic carbocycles. The second-order valence-corrected chi connectivity index (χ2v) is 6.75. The summed E-state index contributed by atoms with van der Waals surface area (Å²) in [6.07, 6.45) is 0. The summed E-state index contributed by atoms with van der Waals surface area (Å²) < 4.78 is 0. The van der Waals surface area contributed by atoms with E-state index in [-0.39, 0.29) is 23.3 Å². The lowest BCUT2D eigenvalue weighted by Gasteiger charge is -2.14.